The highest BCUT2D eigenvalue weighted by atomic mass is 15.5. The quantitative estimate of drug-likeness (QED) is 0.866. The van der Waals surface area contributed by atoms with Crippen molar-refractivity contribution in [2.75, 3.05) is 0 Å². The highest BCUT2D eigenvalue weighted by molar-refractivity contribution is 5.26. The van der Waals surface area contributed by atoms with Crippen LogP contribution >= 0.6 is 0 Å². The van der Waals surface area contributed by atoms with Gasteiger partial charge in [0.15, 0.2) is 5.82 Å². The lowest BCUT2D eigenvalue weighted by molar-refractivity contribution is 0.476. The third-order valence-corrected chi connectivity index (χ3v) is 3.35. The Bertz CT molecular complexity index is 489. The van der Waals surface area contributed by atoms with Gasteiger partial charge in [0, 0.05) is 6.04 Å². The molecule has 0 saturated carbocycles. The largest absolute Gasteiger partial charge is 0.301 e. The zero-order valence-corrected chi connectivity index (χ0v) is 11.9. The Morgan fingerprint density at radius 3 is 2.11 bits per heavy atom. The van der Waals surface area contributed by atoms with Crippen molar-refractivity contribution in [3.8, 4) is 0 Å². The summed E-state index contributed by atoms with van der Waals surface area (Å²) in [6.07, 6.45) is 0. The topological polar surface area (TPSA) is 66.5 Å². The molecule has 2 aromatic rings. The van der Waals surface area contributed by atoms with Crippen LogP contribution in [0.1, 0.15) is 62.6 Å². The van der Waals surface area contributed by atoms with Crippen molar-refractivity contribution < 1.29 is 0 Å². The van der Waals surface area contributed by atoms with Gasteiger partial charge in [0.25, 0.3) is 0 Å². The molecule has 5 heteroatoms. The average Bonchev–Trinajstić information content (AvgIpc) is 2.92. The number of benzene rings is 1. The molecule has 5 nitrogen and oxygen atoms in total. The molecule has 0 aliphatic carbocycles. The Morgan fingerprint density at radius 2 is 1.58 bits per heavy atom. The van der Waals surface area contributed by atoms with Gasteiger partial charge in [-0.2, -0.15) is 5.21 Å². The smallest absolute Gasteiger partial charge is 0.191 e. The van der Waals surface area contributed by atoms with Crippen molar-refractivity contribution in [2.45, 2.75) is 45.7 Å². The van der Waals surface area contributed by atoms with Crippen LogP contribution in [0.2, 0.25) is 0 Å². The van der Waals surface area contributed by atoms with E-state index in [4.69, 9.17) is 0 Å². The van der Waals surface area contributed by atoms with Gasteiger partial charge in [-0.05, 0) is 30.9 Å². The molecule has 0 aliphatic rings. The summed E-state index contributed by atoms with van der Waals surface area (Å²) in [5, 5.41) is 17.5. The summed E-state index contributed by atoms with van der Waals surface area (Å²) in [6, 6.07) is 9.05. The lowest BCUT2D eigenvalue weighted by Crippen LogP contribution is -2.23. The summed E-state index contributed by atoms with van der Waals surface area (Å²) in [5.74, 6) is 1.25. The molecule has 0 amide bonds. The van der Waals surface area contributed by atoms with E-state index in [1.165, 1.54) is 11.1 Å². The van der Waals surface area contributed by atoms with Gasteiger partial charge < -0.3 is 5.32 Å². The number of H-pyrrole nitrogens is 1. The molecule has 1 aromatic heterocycles. The third kappa shape index (κ3) is 3.38. The van der Waals surface area contributed by atoms with Crippen molar-refractivity contribution in [2.24, 2.45) is 0 Å². The molecule has 0 aliphatic heterocycles. The van der Waals surface area contributed by atoms with Gasteiger partial charge in [-0.25, -0.2) is 0 Å². The fourth-order valence-corrected chi connectivity index (χ4v) is 2.07. The fourth-order valence-electron chi connectivity index (χ4n) is 2.07. The minimum atomic E-state index is 0.0681. The van der Waals surface area contributed by atoms with E-state index in [1.54, 1.807) is 0 Å². The fraction of sp³-hybridized carbons (Fsp3) is 0.500. The van der Waals surface area contributed by atoms with Crippen LogP contribution in [-0.4, -0.2) is 20.6 Å². The zero-order chi connectivity index (χ0) is 13.8. The summed E-state index contributed by atoms with van der Waals surface area (Å²) >= 11 is 0. The minimum absolute atomic E-state index is 0.0681. The van der Waals surface area contributed by atoms with E-state index in [0.29, 0.717) is 11.7 Å². The molecule has 2 rings (SSSR count). The van der Waals surface area contributed by atoms with Crippen LogP contribution in [0.5, 0.6) is 0 Å². The number of aromatic amines is 1. The predicted molar refractivity (Wildman–Crippen MR) is 74.7 cm³/mol. The van der Waals surface area contributed by atoms with Gasteiger partial charge >= 0.3 is 0 Å². The van der Waals surface area contributed by atoms with Crippen LogP contribution in [0, 0.1) is 0 Å². The lowest BCUT2D eigenvalue weighted by atomic mass is 9.99. The van der Waals surface area contributed by atoms with Gasteiger partial charge in [0.1, 0.15) is 0 Å². The number of nitrogens with zero attached hydrogens (tertiary/aromatic N) is 3. The first-order valence-electron chi connectivity index (χ1n) is 6.67. The Morgan fingerprint density at radius 1 is 0.947 bits per heavy atom. The molecule has 0 spiro atoms. The van der Waals surface area contributed by atoms with Crippen LogP contribution in [0.25, 0.3) is 0 Å². The minimum Gasteiger partial charge on any atom is -0.301 e. The molecule has 0 saturated heterocycles. The molecular weight excluding hydrogens is 238 g/mol. The molecule has 0 bridgehead atoms. The maximum Gasteiger partial charge on any atom is 0.191 e. The van der Waals surface area contributed by atoms with E-state index in [-0.39, 0.29) is 12.1 Å². The van der Waals surface area contributed by atoms with E-state index in [9.17, 15) is 0 Å². The molecule has 0 radical (unpaired) electrons. The van der Waals surface area contributed by atoms with Crippen LogP contribution in [0.15, 0.2) is 24.3 Å². The summed E-state index contributed by atoms with van der Waals surface area (Å²) in [5.41, 5.74) is 2.63. The maximum atomic E-state index is 3.99. The van der Waals surface area contributed by atoms with E-state index in [1.807, 2.05) is 6.92 Å². The zero-order valence-electron chi connectivity index (χ0n) is 11.9. The second-order valence-electron chi connectivity index (χ2n) is 5.20. The highest BCUT2D eigenvalue weighted by Gasteiger charge is 2.14. The molecule has 1 aromatic carbocycles. The van der Waals surface area contributed by atoms with Gasteiger partial charge in [-0.1, -0.05) is 43.3 Å². The molecule has 0 fully saturated rings. The van der Waals surface area contributed by atoms with E-state index in [2.05, 4.69) is 71.0 Å². The van der Waals surface area contributed by atoms with Crippen molar-refractivity contribution in [3.63, 3.8) is 0 Å². The predicted octanol–water partition coefficient (Wildman–Crippen LogP) is 2.73. The molecule has 19 heavy (non-hydrogen) atoms. The first-order valence-corrected chi connectivity index (χ1v) is 6.67. The normalized spacial score (nSPS) is 14.6. The van der Waals surface area contributed by atoms with Crippen molar-refractivity contribution >= 4 is 0 Å². The summed E-state index contributed by atoms with van der Waals surface area (Å²) in [6.45, 7) is 8.58. The number of hydrogen-bond acceptors (Lipinski definition) is 4. The van der Waals surface area contributed by atoms with Gasteiger partial charge in [-0.15, -0.1) is 10.2 Å². The Labute approximate surface area is 113 Å². The molecule has 1 heterocycles. The highest BCUT2D eigenvalue weighted by Crippen LogP contribution is 2.20. The first kappa shape index (κ1) is 13.7. The number of nitrogens with one attached hydrogen (secondary N) is 2. The van der Waals surface area contributed by atoms with Crippen molar-refractivity contribution in [1.82, 2.24) is 25.9 Å². The Hall–Kier alpha value is -1.75. The second-order valence-corrected chi connectivity index (χ2v) is 5.20. The molecule has 2 N–H and O–H groups in total. The van der Waals surface area contributed by atoms with Gasteiger partial charge in [0.2, 0.25) is 0 Å². The average molecular weight is 259 g/mol. The van der Waals surface area contributed by atoms with Crippen molar-refractivity contribution in [3.05, 3.63) is 41.2 Å². The molecular formula is C14H21N5. The summed E-state index contributed by atoms with van der Waals surface area (Å²) < 4.78 is 0. The SMILES string of the molecule is CC(C)c1ccc(C(C)NC(C)c2nn[nH]n2)cc1. The van der Waals surface area contributed by atoms with E-state index >= 15 is 0 Å². The number of aromatic nitrogens is 4. The summed E-state index contributed by atoms with van der Waals surface area (Å²) in [7, 11) is 0. The molecule has 2 unspecified atom stereocenters. The van der Waals surface area contributed by atoms with Crippen molar-refractivity contribution in [1.29, 1.82) is 0 Å². The standard InChI is InChI=1S/C14H21N5/c1-9(2)12-5-7-13(8-6-12)10(3)15-11(4)14-16-18-19-17-14/h5-11,15H,1-4H3,(H,16,17,18,19). The van der Waals surface area contributed by atoms with E-state index in [0.717, 1.165) is 0 Å². The second kappa shape index (κ2) is 5.93. The number of hydrogen-bond donors (Lipinski definition) is 2. The number of rotatable bonds is 5. The van der Waals surface area contributed by atoms with Crippen LogP contribution in [0.3, 0.4) is 0 Å². The molecule has 2 atom stereocenters. The van der Waals surface area contributed by atoms with Gasteiger partial charge in [-0.3, -0.25) is 0 Å². The lowest BCUT2D eigenvalue weighted by Gasteiger charge is -2.18. The van der Waals surface area contributed by atoms with Crippen LogP contribution in [-0.2, 0) is 0 Å². The van der Waals surface area contributed by atoms with Gasteiger partial charge in [0.05, 0.1) is 6.04 Å². The summed E-state index contributed by atoms with van der Waals surface area (Å²) in [4.78, 5) is 0. The van der Waals surface area contributed by atoms with Crippen LogP contribution in [0.4, 0.5) is 0 Å². The maximum absolute atomic E-state index is 3.99. The van der Waals surface area contributed by atoms with E-state index < -0.39 is 0 Å². The number of tetrazole rings is 1. The molecule has 102 valence electrons. The first-order chi connectivity index (χ1) is 9.08. The third-order valence-electron chi connectivity index (χ3n) is 3.35. The Balaban J connectivity index is 2.01. The Kier molecular flexibility index (Phi) is 4.27. The van der Waals surface area contributed by atoms with Crippen LogP contribution < -0.4 is 5.32 Å². The monoisotopic (exact) mass is 259 g/mol.